The number of thiophene rings is 1. The Morgan fingerprint density at radius 2 is 2.23 bits per heavy atom. The van der Waals surface area contributed by atoms with E-state index in [2.05, 4.69) is 43.3 Å². The molecule has 2 aromatic rings. The zero-order valence-corrected chi connectivity index (χ0v) is 11.2. The molecule has 0 nitrogen and oxygen atoms in total. The van der Waals surface area contributed by atoms with Crippen LogP contribution in [-0.2, 0) is 5.33 Å². The quantitative estimate of drug-likeness (QED) is 0.625. The minimum Gasteiger partial charge on any atom is -0.143 e. The van der Waals surface area contributed by atoms with Gasteiger partial charge in [-0.05, 0) is 44.4 Å². The Morgan fingerprint density at radius 1 is 1.46 bits per heavy atom. The van der Waals surface area contributed by atoms with Crippen molar-refractivity contribution in [2.75, 3.05) is 0 Å². The van der Waals surface area contributed by atoms with Crippen LogP contribution >= 0.6 is 54.8 Å². The topological polar surface area (TPSA) is 0 Å². The number of hydrogen-bond acceptors (Lipinski definition) is 1. The lowest BCUT2D eigenvalue weighted by molar-refractivity contribution is 1.44. The van der Waals surface area contributed by atoms with Gasteiger partial charge in [-0.2, -0.15) is 0 Å². The van der Waals surface area contributed by atoms with E-state index in [1.807, 2.05) is 6.07 Å². The van der Waals surface area contributed by atoms with Gasteiger partial charge in [0, 0.05) is 19.5 Å². The highest BCUT2D eigenvalue weighted by Gasteiger charge is 2.09. The van der Waals surface area contributed by atoms with Gasteiger partial charge in [0.2, 0.25) is 0 Å². The Kier molecular flexibility index (Phi) is 2.98. The van der Waals surface area contributed by atoms with Crippen molar-refractivity contribution in [3.05, 3.63) is 32.6 Å². The molecule has 0 radical (unpaired) electrons. The van der Waals surface area contributed by atoms with Crippen LogP contribution in [0.1, 0.15) is 5.56 Å². The molecular formula is C9H5Br2ClS. The summed E-state index contributed by atoms with van der Waals surface area (Å²) in [5.74, 6) is 0. The molecule has 0 fully saturated rings. The standard InChI is InChI=1S/C9H5Br2ClS/c10-4-6-7(12)3-5-1-2-13-9(5)8(6)11/h1-3H,4H2. The third kappa shape index (κ3) is 1.67. The molecule has 68 valence electrons. The van der Waals surface area contributed by atoms with Crippen molar-refractivity contribution in [1.82, 2.24) is 0 Å². The highest BCUT2D eigenvalue weighted by molar-refractivity contribution is 9.11. The van der Waals surface area contributed by atoms with Crippen molar-refractivity contribution in [2.45, 2.75) is 5.33 Å². The van der Waals surface area contributed by atoms with Crippen molar-refractivity contribution >= 4 is 64.9 Å². The lowest BCUT2D eigenvalue weighted by Crippen LogP contribution is -1.82. The summed E-state index contributed by atoms with van der Waals surface area (Å²) in [6.07, 6.45) is 0. The first-order chi connectivity index (χ1) is 6.24. The largest absolute Gasteiger partial charge is 0.143 e. The SMILES string of the molecule is Clc1cc2ccsc2c(Br)c1CBr. The van der Waals surface area contributed by atoms with Gasteiger partial charge >= 0.3 is 0 Å². The molecule has 0 saturated carbocycles. The van der Waals surface area contributed by atoms with E-state index < -0.39 is 0 Å². The van der Waals surface area contributed by atoms with Gasteiger partial charge in [0.1, 0.15) is 0 Å². The van der Waals surface area contributed by atoms with Crippen LogP contribution in [0.25, 0.3) is 10.1 Å². The molecule has 0 aliphatic heterocycles. The van der Waals surface area contributed by atoms with Gasteiger partial charge in [0.05, 0.1) is 0 Å². The molecule has 0 aliphatic rings. The second-order valence-corrected chi connectivity index (χ2v) is 5.30. The molecule has 1 aromatic carbocycles. The van der Waals surface area contributed by atoms with Crippen LogP contribution in [0.2, 0.25) is 5.02 Å². The predicted octanol–water partition coefficient (Wildman–Crippen LogP) is 5.21. The second kappa shape index (κ2) is 3.89. The fraction of sp³-hybridized carbons (Fsp3) is 0.111. The van der Waals surface area contributed by atoms with Crippen LogP contribution in [0, 0.1) is 0 Å². The van der Waals surface area contributed by atoms with Gasteiger partial charge in [0.15, 0.2) is 0 Å². The Balaban J connectivity index is 2.85. The zero-order chi connectivity index (χ0) is 9.42. The molecule has 0 amide bonds. The Labute approximate surface area is 102 Å². The van der Waals surface area contributed by atoms with Crippen LogP contribution < -0.4 is 0 Å². The normalized spacial score (nSPS) is 11.0. The van der Waals surface area contributed by atoms with E-state index in [-0.39, 0.29) is 0 Å². The van der Waals surface area contributed by atoms with Gasteiger partial charge in [-0.15, -0.1) is 11.3 Å². The lowest BCUT2D eigenvalue weighted by Gasteiger charge is -2.04. The second-order valence-electron chi connectivity index (χ2n) is 2.62. The first kappa shape index (κ1) is 9.97. The van der Waals surface area contributed by atoms with Crippen LogP contribution in [0.3, 0.4) is 0 Å². The maximum absolute atomic E-state index is 6.11. The molecule has 1 heterocycles. The number of benzene rings is 1. The Bertz CT molecular complexity index is 450. The summed E-state index contributed by atoms with van der Waals surface area (Å²) in [6.45, 7) is 0. The summed E-state index contributed by atoms with van der Waals surface area (Å²) in [6, 6.07) is 4.09. The third-order valence-electron chi connectivity index (χ3n) is 1.86. The summed E-state index contributed by atoms with van der Waals surface area (Å²) >= 11 is 14.8. The van der Waals surface area contributed by atoms with E-state index in [4.69, 9.17) is 11.6 Å². The van der Waals surface area contributed by atoms with Crippen LogP contribution in [-0.4, -0.2) is 0 Å². The number of halogens is 3. The Hall–Kier alpha value is 0.430. The number of rotatable bonds is 1. The van der Waals surface area contributed by atoms with Gasteiger partial charge < -0.3 is 0 Å². The number of alkyl halides is 1. The van der Waals surface area contributed by atoms with E-state index in [1.54, 1.807) is 11.3 Å². The van der Waals surface area contributed by atoms with Crippen LogP contribution in [0.4, 0.5) is 0 Å². The van der Waals surface area contributed by atoms with Crippen molar-refractivity contribution < 1.29 is 0 Å². The van der Waals surface area contributed by atoms with E-state index in [9.17, 15) is 0 Å². The van der Waals surface area contributed by atoms with Crippen LogP contribution in [0.15, 0.2) is 22.0 Å². The van der Waals surface area contributed by atoms with Crippen molar-refractivity contribution in [2.24, 2.45) is 0 Å². The molecule has 2 rings (SSSR count). The van der Waals surface area contributed by atoms with Crippen molar-refractivity contribution in [3.63, 3.8) is 0 Å². The fourth-order valence-electron chi connectivity index (χ4n) is 1.20. The van der Waals surface area contributed by atoms with Gasteiger partial charge in [-0.1, -0.05) is 27.5 Å². The first-order valence-electron chi connectivity index (χ1n) is 3.64. The maximum Gasteiger partial charge on any atom is 0.0488 e. The predicted molar refractivity (Wildman–Crippen MR) is 67.2 cm³/mol. The lowest BCUT2D eigenvalue weighted by atomic mass is 10.2. The van der Waals surface area contributed by atoms with Crippen molar-refractivity contribution in [1.29, 1.82) is 0 Å². The van der Waals surface area contributed by atoms with E-state index in [0.29, 0.717) is 0 Å². The van der Waals surface area contributed by atoms with Crippen molar-refractivity contribution in [3.8, 4) is 0 Å². The molecule has 0 atom stereocenters. The Morgan fingerprint density at radius 3 is 2.92 bits per heavy atom. The minimum absolute atomic E-state index is 0.778. The molecule has 1 aromatic heterocycles. The molecule has 0 unspecified atom stereocenters. The smallest absolute Gasteiger partial charge is 0.0488 e. The molecule has 13 heavy (non-hydrogen) atoms. The minimum atomic E-state index is 0.778. The summed E-state index contributed by atoms with van der Waals surface area (Å²) in [5, 5.41) is 4.87. The number of hydrogen-bond donors (Lipinski definition) is 0. The van der Waals surface area contributed by atoms with E-state index in [1.165, 1.54) is 10.1 Å². The molecule has 0 spiro atoms. The highest BCUT2D eigenvalue weighted by atomic mass is 79.9. The molecule has 0 bridgehead atoms. The monoisotopic (exact) mass is 338 g/mol. The fourth-order valence-corrected chi connectivity index (χ4v) is 4.42. The average molecular weight is 340 g/mol. The molecule has 4 heteroatoms. The summed E-state index contributed by atoms with van der Waals surface area (Å²) in [4.78, 5) is 0. The van der Waals surface area contributed by atoms with Crippen LogP contribution in [0.5, 0.6) is 0 Å². The summed E-state index contributed by atoms with van der Waals surface area (Å²) in [7, 11) is 0. The maximum atomic E-state index is 6.11. The molecule has 0 aliphatic carbocycles. The molecule has 0 N–H and O–H groups in total. The van der Waals surface area contributed by atoms with Gasteiger partial charge in [0.25, 0.3) is 0 Å². The van der Waals surface area contributed by atoms with Gasteiger partial charge in [-0.25, -0.2) is 0 Å². The summed E-state index contributed by atoms with van der Waals surface area (Å²) in [5.41, 5.74) is 1.12. The molecular weight excluding hydrogens is 335 g/mol. The highest BCUT2D eigenvalue weighted by Crippen LogP contribution is 2.37. The zero-order valence-electron chi connectivity index (χ0n) is 6.48. The first-order valence-corrected chi connectivity index (χ1v) is 6.81. The van der Waals surface area contributed by atoms with E-state index in [0.717, 1.165) is 20.4 Å². The third-order valence-corrected chi connectivity index (χ3v) is 4.85. The average Bonchev–Trinajstić information content (AvgIpc) is 2.53. The molecule has 0 saturated heterocycles. The van der Waals surface area contributed by atoms with E-state index >= 15 is 0 Å². The summed E-state index contributed by atoms with van der Waals surface area (Å²) < 4.78 is 2.38. The van der Waals surface area contributed by atoms with Gasteiger partial charge in [-0.3, -0.25) is 0 Å². The number of fused-ring (bicyclic) bond motifs is 1.